The first-order valence-electron chi connectivity index (χ1n) is 8.00. The van der Waals surface area contributed by atoms with Gasteiger partial charge in [-0.05, 0) is 24.1 Å². The number of nitrogens with two attached hydrogens (primary N) is 1. The SMILES string of the molecule is C/N=C\c1c(N)cc(-c2ccc(C(C)C(F)(F)F)cc2)c2c1CCO2. The molecular weight excluding hydrogens is 329 g/mol. The molecule has 1 unspecified atom stereocenters. The topological polar surface area (TPSA) is 47.6 Å². The highest BCUT2D eigenvalue weighted by atomic mass is 19.4. The van der Waals surface area contributed by atoms with Gasteiger partial charge in [0.1, 0.15) is 5.75 Å². The van der Waals surface area contributed by atoms with Gasteiger partial charge >= 0.3 is 6.18 Å². The largest absolute Gasteiger partial charge is 0.492 e. The molecule has 2 aromatic rings. The van der Waals surface area contributed by atoms with E-state index >= 15 is 0 Å². The molecule has 6 heteroatoms. The molecule has 0 saturated carbocycles. The van der Waals surface area contributed by atoms with E-state index in [0.717, 1.165) is 41.3 Å². The highest BCUT2D eigenvalue weighted by molar-refractivity contribution is 5.94. The summed E-state index contributed by atoms with van der Waals surface area (Å²) in [7, 11) is 1.68. The summed E-state index contributed by atoms with van der Waals surface area (Å²) in [6.07, 6.45) is -1.81. The quantitative estimate of drug-likeness (QED) is 0.652. The molecule has 0 radical (unpaired) electrons. The fraction of sp³-hybridized carbons (Fsp3) is 0.316. The third-order valence-corrected chi connectivity index (χ3v) is 4.52. The zero-order valence-corrected chi connectivity index (χ0v) is 14.0. The maximum atomic E-state index is 12.9. The van der Waals surface area contributed by atoms with Gasteiger partial charge in [-0.15, -0.1) is 0 Å². The Labute approximate surface area is 144 Å². The molecule has 132 valence electrons. The average molecular weight is 348 g/mol. The highest BCUT2D eigenvalue weighted by Gasteiger charge is 2.36. The first-order chi connectivity index (χ1) is 11.8. The molecular formula is C19H19F3N2O. The summed E-state index contributed by atoms with van der Waals surface area (Å²) in [4.78, 5) is 4.03. The third-order valence-electron chi connectivity index (χ3n) is 4.52. The number of hydrogen-bond acceptors (Lipinski definition) is 3. The molecule has 0 aliphatic carbocycles. The van der Waals surface area contributed by atoms with Crippen molar-refractivity contribution in [1.29, 1.82) is 0 Å². The lowest BCUT2D eigenvalue weighted by molar-refractivity contribution is -0.146. The Balaban J connectivity index is 2.03. The van der Waals surface area contributed by atoms with Crippen LogP contribution in [0.3, 0.4) is 0 Å². The monoisotopic (exact) mass is 348 g/mol. The van der Waals surface area contributed by atoms with Gasteiger partial charge in [-0.25, -0.2) is 0 Å². The lowest BCUT2D eigenvalue weighted by Gasteiger charge is -2.17. The van der Waals surface area contributed by atoms with Crippen molar-refractivity contribution in [3.63, 3.8) is 0 Å². The number of hydrogen-bond donors (Lipinski definition) is 1. The van der Waals surface area contributed by atoms with Gasteiger partial charge in [0.2, 0.25) is 0 Å². The maximum absolute atomic E-state index is 12.9. The number of alkyl halides is 3. The van der Waals surface area contributed by atoms with E-state index in [2.05, 4.69) is 4.99 Å². The zero-order chi connectivity index (χ0) is 18.2. The highest BCUT2D eigenvalue weighted by Crippen LogP contribution is 2.42. The average Bonchev–Trinajstić information content (AvgIpc) is 3.05. The van der Waals surface area contributed by atoms with Crippen LogP contribution < -0.4 is 10.5 Å². The number of aliphatic imine (C=N–C) groups is 1. The molecule has 2 aromatic carbocycles. The van der Waals surface area contributed by atoms with Crippen LogP contribution in [-0.2, 0) is 6.42 Å². The van der Waals surface area contributed by atoms with Crippen LogP contribution in [0.4, 0.5) is 18.9 Å². The molecule has 0 amide bonds. The number of fused-ring (bicyclic) bond motifs is 1. The van der Waals surface area contributed by atoms with E-state index in [9.17, 15) is 13.2 Å². The Kier molecular flexibility index (Phi) is 4.45. The predicted octanol–water partition coefficient (Wildman–Crippen LogP) is 4.59. The van der Waals surface area contributed by atoms with Gasteiger partial charge in [0.15, 0.2) is 0 Å². The van der Waals surface area contributed by atoms with Gasteiger partial charge in [0.05, 0.1) is 12.5 Å². The van der Waals surface area contributed by atoms with Crippen molar-refractivity contribution in [2.45, 2.75) is 25.4 Å². The van der Waals surface area contributed by atoms with E-state index < -0.39 is 12.1 Å². The fourth-order valence-electron chi connectivity index (χ4n) is 3.06. The summed E-state index contributed by atoms with van der Waals surface area (Å²) in [5.41, 5.74) is 10.4. The molecule has 3 nitrogen and oxygen atoms in total. The fourth-order valence-corrected chi connectivity index (χ4v) is 3.06. The summed E-state index contributed by atoms with van der Waals surface area (Å²) >= 11 is 0. The minimum absolute atomic E-state index is 0.233. The Morgan fingerprint density at radius 1 is 1.24 bits per heavy atom. The van der Waals surface area contributed by atoms with Crippen LogP contribution in [0, 0.1) is 0 Å². The number of nitrogens with zero attached hydrogens (tertiary/aromatic N) is 1. The molecule has 2 N–H and O–H groups in total. The summed E-state index contributed by atoms with van der Waals surface area (Å²) in [6, 6.07) is 8.17. The van der Waals surface area contributed by atoms with Crippen molar-refractivity contribution in [3.8, 4) is 16.9 Å². The van der Waals surface area contributed by atoms with Gasteiger partial charge in [-0.2, -0.15) is 13.2 Å². The van der Waals surface area contributed by atoms with E-state index in [1.54, 1.807) is 31.5 Å². The number of nitrogen functional groups attached to an aromatic ring is 1. The third kappa shape index (κ3) is 3.21. The molecule has 1 atom stereocenters. The van der Waals surface area contributed by atoms with Gasteiger partial charge in [-0.1, -0.05) is 24.3 Å². The first kappa shape index (κ1) is 17.3. The molecule has 3 rings (SSSR count). The molecule has 1 heterocycles. The second kappa shape index (κ2) is 6.43. The van der Waals surface area contributed by atoms with Crippen LogP contribution in [0.25, 0.3) is 11.1 Å². The Hall–Kier alpha value is -2.50. The van der Waals surface area contributed by atoms with Gasteiger partial charge in [0, 0.05) is 42.1 Å². The Morgan fingerprint density at radius 2 is 1.92 bits per heavy atom. The smallest absolute Gasteiger partial charge is 0.395 e. The van der Waals surface area contributed by atoms with Crippen molar-refractivity contribution in [2.75, 3.05) is 19.4 Å². The molecule has 0 aromatic heterocycles. The predicted molar refractivity (Wildman–Crippen MR) is 93.5 cm³/mol. The van der Waals surface area contributed by atoms with Gasteiger partial charge in [0.25, 0.3) is 0 Å². The molecule has 1 aliphatic rings. The molecule has 0 saturated heterocycles. The lowest BCUT2D eigenvalue weighted by atomic mass is 9.93. The number of benzene rings is 2. The second-order valence-corrected chi connectivity index (χ2v) is 6.11. The van der Waals surface area contributed by atoms with Crippen molar-refractivity contribution in [3.05, 3.63) is 47.0 Å². The molecule has 25 heavy (non-hydrogen) atoms. The maximum Gasteiger partial charge on any atom is 0.395 e. The number of rotatable bonds is 3. The summed E-state index contributed by atoms with van der Waals surface area (Å²) in [5, 5.41) is 0. The van der Waals surface area contributed by atoms with E-state index in [4.69, 9.17) is 10.5 Å². The molecule has 1 aliphatic heterocycles. The Bertz CT molecular complexity index is 811. The molecule has 0 spiro atoms. The summed E-state index contributed by atoms with van der Waals surface area (Å²) in [5.74, 6) is -0.766. The lowest BCUT2D eigenvalue weighted by Crippen LogP contribution is -2.17. The van der Waals surface area contributed by atoms with Crippen LogP contribution in [0.15, 0.2) is 35.3 Å². The normalized spacial score (nSPS) is 15.2. The minimum Gasteiger partial charge on any atom is -0.492 e. The second-order valence-electron chi connectivity index (χ2n) is 6.11. The van der Waals surface area contributed by atoms with Crippen molar-refractivity contribution >= 4 is 11.9 Å². The van der Waals surface area contributed by atoms with E-state index in [0.29, 0.717) is 12.3 Å². The van der Waals surface area contributed by atoms with Crippen LogP contribution in [-0.4, -0.2) is 26.0 Å². The standard InChI is InChI=1S/C19H19F3N2O/c1-11(19(20,21)22)12-3-5-13(6-4-12)15-9-17(23)16(10-24-2)14-7-8-25-18(14)15/h3-6,9-11H,7-8,23H2,1-2H3/b24-10-. The number of anilines is 1. The molecule has 0 fully saturated rings. The van der Waals surface area contributed by atoms with Gasteiger partial charge < -0.3 is 10.5 Å². The van der Waals surface area contributed by atoms with Gasteiger partial charge in [-0.3, -0.25) is 4.99 Å². The number of halogens is 3. The van der Waals surface area contributed by atoms with Crippen molar-refractivity contribution < 1.29 is 17.9 Å². The van der Waals surface area contributed by atoms with Crippen LogP contribution in [0.5, 0.6) is 5.75 Å². The molecule has 0 bridgehead atoms. The van der Waals surface area contributed by atoms with E-state index in [1.807, 2.05) is 0 Å². The van der Waals surface area contributed by atoms with Crippen molar-refractivity contribution in [2.24, 2.45) is 4.99 Å². The summed E-state index contributed by atoms with van der Waals surface area (Å²) in [6.45, 7) is 1.71. The van der Waals surface area contributed by atoms with Crippen molar-refractivity contribution in [1.82, 2.24) is 0 Å². The first-order valence-corrected chi connectivity index (χ1v) is 8.00. The van der Waals surface area contributed by atoms with Crippen LogP contribution in [0.1, 0.15) is 29.5 Å². The zero-order valence-electron chi connectivity index (χ0n) is 14.0. The Morgan fingerprint density at radius 3 is 2.52 bits per heavy atom. The van der Waals surface area contributed by atoms with Crippen LogP contribution in [0.2, 0.25) is 0 Å². The minimum atomic E-state index is -4.25. The summed E-state index contributed by atoms with van der Waals surface area (Å²) < 4.78 is 44.3. The van der Waals surface area contributed by atoms with Crippen LogP contribution >= 0.6 is 0 Å². The number of ether oxygens (including phenoxy) is 1. The van der Waals surface area contributed by atoms with E-state index in [1.165, 1.54) is 12.1 Å². The van der Waals surface area contributed by atoms with E-state index in [-0.39, 0.29) is 5.56 Å².